The molecule has 1 unspecified atom stereocenters. The van der Waals surface area contributed by atoms with Gasteiger partial charge in [-0.25, -0.2) is 4.98 Å². The molecule has 1 aromatic heterocycles. The van der Waals surface area contributed by atoms with Gasteiger partial charge in [-0.3, -0.25) is 9.36 Å². The molecule has 0 radical (unpaired) electrons. The molecular formula is C13H11ClF3N3O. The summed E-state index contributed by atoms with van der Waals surface area (Å²) in [5.41, 5.74) is -1.24. The van der Waals surface area contributed by atoms with Crippen LogP contribution in [-0.2, 0) is 6.18 Å². The second-order valence-corrected chi connectivity index (χ2v) is 5.27. The van der Waals surface area contributed by atoms with Crippen LogP contribution in [0.2, 0.25) is 5.28 Å². The third kappa shape index (κ3) is 2.51. The predicted molar refractivity (Wildman–Crippen MR) is 72.5 cm³/mol. The van der Waals surface area contributed by atoms with Crippen molar-refractivity contribution in [2.75, 3.05) is 13.1 Å². The number of halogens is 4. The van der Waals surface area contributed by atoms with Crippen LogP contribution >= 0.6 is 11.6 Å². The van der Waals surface area contributed by atoms with Crippen LogP contribution in [0.3, 0.4) is 0 Å². The van der Waals surface area contributed by atoms with Gasteiger partial charge in [-0.05, 0) is 42.8 Å². The maximum atomic E-state index is 12.8. The molecule has 1 saturated heterocycles. The van der Waals surface area contributed by atoms with Crippen molar-refractivity contribution in [3.63, 3.8) is 0 Å². The van der Waals surface area contributed by atoms with Gasteiger partial charge in [0, 0.05) is 6.54 Å². The van der Waals surface area contributed by atoms with Crippen LogP contribution in [0.5, 0.6) is 0 Å². The zero-order valence-electron chi connectivity index (χ0n) is 10.7. The Balaban J connectivity index is 2.24. The zero-order chi connectivity index (χ0) is 15.2. The molecule has 0 bridgehead atoms. The molecule has 1 aliphatic rings. The summed E-state index contributed by atoms with van der Waals surface area (Å²) in [5, 5.41) is 3.02. The first-order valence-electron chi connectivity index (χ1n) is 6.37. The molecule has 1 fully saturated rings. The number of nitrogens with one attached hydrogen (secondary N) is 1. The summed E-state index contributed by atoms with van der Waals surface area (Å²) in [7, 11) is 0. The summed E-state index contributed by atoms with van der Waals surface area (Å²) >= 11 is 6.02. The predicted octanol–water partition coefficient (Wildman–Crippen LogP) is 2.60. The number of aromatic nitrogens is 2. The van der Waals surface area contributed by atoms with Gasteiger partial charge < -0.3 is 5.32 Å². The monoisotopic (exact) mass is 317 g/mol. The van der Waals surface area contributed by atoms with E-state index in [1.54, 1.807) is 0 Å². The number of benzene rings is 1. The van der Waals surface area contributed by atoms with Crippen molar-refractivity contribution in [2.24, 2.45) is 0 Å². The minimum atomic E-state index is -4.50. The van der Waals surface area contributed by atoms with Crippen LogP contribution in [0.1, 0.15) is 18.0 Å². The third-order valence-corrected chi connectivity index (χ3v) is 3.85. The van der Waals surface area contributed by atoms with Crippen molar-refractivity contribution in [2.45, 2.75) is 18.6 Å². The average Bonchev–Trinajstić information content (AvgIpc) is 2.91. The number of nitrogens with zero attached hydrogens (tertiary/aromatic N) is 2. The van der Waals surface area contributed by atoms with Crippen LogP contribution in [0.4, 0.5) is 13.2 Å². The quantitative estimate of drug-likeness (QED) is 0.822. The first-order valence-corrected chi connectivity index (χ1v) is 6.75. The Morgan fingerprint density at radius 3 is 2.76 bits per heavy atom. The topological polar surface area (TPSA) is 46.9 Å². The lowest BCUT2D eigenvalue weighted by Gasteiger charge is -2.15. The van der Waals surface area contributed by atoms with Crippen LogP contribution in [0.25, 0.3) is 10.9 Å². The van der Waals surface area contributed by atoms with Crippen LogP contribution in [0.15, 0.2) is 23.0 Å². The fourth-order valence-corrected chi connectivity index (χ4v) is 2.83. The Bertz CT molecular complexity index is 751. The van der Waals surface area contributed by atoms with E-state index < -0.39 is 17.3 Å². The molecule has 8 heteroatoms. The molecule has 21 heavy (non-hydrogen) atoms. The molecule has 3 rings (SSSR count). The maximum Gasteiger partial charge on any atom is 0.416 e. The summed E-state index contributed by atoms with van der Waals surface area (Å²) in [4.78, 5) is 16.5. The zero-order valence-corrected chi connectivity index (χ0v) is 11.5. The van der Waals surface area contributed by atoms with Crippen LogP contribution in [0, 0.1) is 0 Å². The fraction of sp³-hybridized carbons (Fsp3) is 0.385. The highest BCUT2D eigenvalue weighted by Gasteiger charge is 2.31. The van der Waals surface area contributed by atoms with E-state index in [2.05, 4.69) is 10.3 Å². The SMILES string of the molecule is O=c1c2cc(C(F)(F)F)ccc2nc(Cl)n1C1CCNC1. The van der Waals surface area contributed by atoms with Gasteiger partial charge in [0.2, 0.25) is 5.28 Å². The van der Waals surface area contributed by atoms with E-state index in [1.165, 1.54) is 10.6 Å². The molecule has 2 aromatic rings. The molecule has 1 N–H and O–H groups in total. The number of alkyl halides is 3. The van der Waals surface area contributed by atoms with Gasteiger partial charge in [-0.15, -0.1) is 0 Å². The summed E-state index contributed by atoms with van der Waals surface area (Å²) in [5.74, 6) is 0. The highest BCUT2D eigenvalue weighted by atomic mass is 35.5. The molecule has 112 valence electrons. The summed E-state index contributed by atoms with van der Waals surface area (Å²) in [6.45, 7) is 1.28. The Morgan fingerprint density at radius 1 is 1.38 bits per heavy atom. The van der Waals surface area contributed by atoms with Gasteiger partial charge in [0.05, 0.1) is 22.5 Å². The highest BCUT2D eigenvalue weighted by molar-refractivity contribution is 6.28. The lowest BCUT2D eigenvalue weighted by Crippen LogP contribution is -2.28. The van der Waals surface area contributed by atoms with E-state index >= 15 is 0 Å². The lowest BCUT2D eigenvalue weighted by atomic mass is 10.1. The first kappa shape index (κ1) is 14.3. The van der Waals surface area contributed by atoms with Crippen LogP contribution < -0.4 is 10.9 Å². The second kappa shape index (κ2) is 4.99. The van der Waals surface area contributed by atoms with Gasteiger partial charge in [-0.2, -0.15) is 13.2 Å². The van der Waals surface area contributed by atoms with E-state index in [4.69, 9.17) is 11.6 Å². The lowest BCUT2D eigenvalue weighted by molar-refractivity contribution is -0.137. The van der Waals surface area contributed by atoms with Crippen LogP contribution in [-0.4, -0.2) is 22.6 Å². The second-order valence-electron chi connectivity index (χ2n) is 4.93. The van der Waals surface area contributed by atoms with Crippen molar-refractivity contribution in [3.05, 3.63) is 39.4 Å². The van der Waals surface area contributed by atoms with Crippen molar-refractivity contribution in [1.82, 2.24) is 14.9 Å². The van der Waals surface area contributed by atoms with Gasteiger partial charge in [0.25, 0.3) is 5.56 Å². The Labute approximate surface area is 122 Å². The molecule has 0 amide bonds. The number of rotatable bonds is 1. The fourth-order valence-electron chi connectivity index (χ4n) is 2.52. The molecule has 0 saturated carbocycles. The number of fused-ring (bicyclic) bond motifs is 1. The van der Waals surface area contributed by atoms with Gasteiger partial charge in [-0.1, -0.05) is 0 Å². The molecule has 1 aliphatic heterocycles. The maximum absolute atomic E-state index is 12.8. The van der Waals surface area contributed by atoms with Gasteiger partial charge >= 0.3 is 6.18 Å². The molecular weight excluding hydrogens is 307 g/mol. The van der Waals surface area contributed by atoms with Crippen molar-refractivity contribution in [3.8, 4) is 0 Å². The van der Waals surface area contributed by atoms with E-state index in [1.807, 2.05) is 0 Å². The van der Waals surface area contributed by atoms with E-state index in [-0.39, 0.29) is 22.2 Å². The molecule has 1 atom stereocenters. The molecule has 1 aromatic carbocycles. The third-order valence-electron chi connectivity index (χ3n) is 3.58. The normalized spacial score (nSPS) is 19.3. The minimum absolute atomic E-state index is 0.000888. The largest absolute Gasteiger partial charge is 0.416 e. The van der Waals surface area contributed by atoms with Crippen molar-refractivity contribution >= 4 is 22.5 Å². The summed E-state index contributed by atoms with van der Waals surface area (Å²) in [6.07, 6.45) is -3.81. The van der Waals surface area contributed by atoms with Gasteiger partial charge in [0.1, 0.15) is 0 Å². The van der Waals surface area contributed by atoms with E-state index in [0.29, 0.717) is 13.0 Å². The van der Waals surface area contributed by atoms with Crippen molar-refractivity contribution < 1.29 is 13.2 Å². The Hall–Kier alpha value is -1.60. The summed E-state index contributed by atoms with van der Waals surface area (Å²) in [6, 6.07) is 2.71. The van der Waals surface area contributed by atoms with E-state index in [0.717, 1.165) is 18.7 Å². The minimum Gasteiger partial charge on any atom is -0.315 e. The smallest absolute Gasteiger partial charge is 0.315 e. The summed E-state index contributed by atoms with van der Waals surface area (Å²) < 4.78 is 39.6. The molecule has 4 nitrogen and oxygen atoms in total. The molecule has 2 heterocycles. The first-order chi connectivity index (χ1) is 9.88. The standard InChI is InChI=1S/C13H11ClF3N3O/c14-12-19-10-2-1-7(13(15,16)17)5-9(10)11(21)20(12)8-3-4-18-6-8/h1-2,5,8,18H,3-4,6H2. The van der Waals surface area contributed by atoms with Gasteiger partial charge in [0.15, 0.2) is 0 Å². The number of hydrogen-bond acceptors (Lipinski definition) is 3. The van der Waals surface area contributed by atoms with Crippen molar-refractivity contribution in [1.29, 1.82) is 0 Å². The Kier molecular flexibility index (Phi) is 3.41. The highest BCUT2D eigenvalue weighted by Crippen LogP contribution is 2.31. The molecule has 0 aliphatic carbocycles. The Morgan fingerprint density at radius 2 is 2.14 bits per heavy atom. The average molecular weight is 318 g/mol. The molecule has 0 spiro atoms. The van der Waals surface area contributed by atoms with E-state index in [9.17, 15) is 18.0 Å². The number of hydrogen-bond donors (Lipinski definition) is 1.